The Morgan fingerprint density at radius 3 is 2.17 bits per heavy atom. The Bertz CT molecular complexity index is 169. The van der Waals surface area contributed by atoms with E-state index < -0.39 is 0 Å². The molecule has 0 heterocycles. The molecule has 2 aliphatic rings. The molecule has 1 amide bonds. The van der Waals surface area contributed by atoms with Crippen molar-refractivity contribution in [2.24, 2.45) is 5.92 Å². The van der Waals surface area contributed by atoms with Crippen molar-refractivity contribution in [3.8, 4) is 0 Å². The topological polar surface area (TPSA) is 29.1 Å². The van der Waals surface area contributed by atoms with Crippen LogP contribution in [0.1, 0.15) is 44.9 Å². The van der Waals surface area contributed by atoms with Crippen LogP contribution in [0.15, 0.2) is 0 Å². The van der Waals surface area contributed by atoms with Gasteiger partial charge in [0.1, 0.15) is 0 Å². The summed E-state index contributed by atoms with van der Waals surface area (Å²) < 4.78 is 0. The molecule has 0 aromatic carbocycles. The zero-order valence-corrected chi connectivity index (χ0v) is 7.51. The second-order valence-corrected chi connectivity index (χ2v) is 4.12. The fourth-order valence-corrected chi connectivity index (χ4v) is 2.06. The third kappa shape index (κ3) is 1.62. The van der Waals surface area contributed by atoms with Crippen LogP contribution in [0.2, 0.25) is 0 Å². The van der Waals surface area contributed by atoms with Gasteiger partial charge in [-0.1, -0.05) is 12.8 Å². The molecule has 0 radical (unpaired) electrons. The molecule has 0 saturated heterocycles. The predicted octanol–water partition coefficient (Wildman–Crippen LogP) is 1.85. The second-order valence-electron chi connectivity index (χ2n) is 4.12. The van der Waals surface area contributed by atoms with Gasteiger partial charge in [-0.2, -0.15) is 0 Å². The number of hydrogen-bond acceptors (Lipinski definition) is 1. The van der Waals surface area contributed by atoms with Gasteiger partial charge in [-0.15, -0.1) is 0 Å². The van der Waals surface area contributed by atoms with Crippen LogP contribution >= 0.6 is 0 Å². The maximum Gasteiger partial charge on any atom is 0.223 e. The zero-order chi connectivity index (χ0) is 8.39. The normalized spacial score (nSPS) is 25.3. The minimum Gasteiger partial charge on any atom is -0.353 e. The van der Waals surface area contributed by atoms with E-state index in [-0.39, 0.29) is 0 Å². The van der Waals surface area contributed by atoms with Crippen molar-refractivity contribution in [3.63, 3.8) is 0 Å². The highest BCUT2D eigenvalue weighted by atomic mass is 16.1. The van der Waals surface area contributed by atoms with Gasteiger partial charge in [0.15, 0.2) is 0 Å². The lowest BCUT2D eigenvalue weighted by molar-refractivity contribution is -0.126. The lowest BCUT2D eigenvalue weighted by atomic mass is 9.92. The van der Waals surface area contributed by atoms with E-state index in [1.54, 1.807) is 0 Å². The Morgan fingerprint density at radius 2 is 1.67 bits per heavy atom. The maximum absolute atomic E-state index is 11.5. The highest BCUT2D eigenvalue weighted by Gasteiger charge is 2.26. The predicted molar refractivity (Wildman–Crippen MR) is 47.7 cm³/mol. The molecule has 0 aromatic rings. The van der Waals surface area contributed by atoms with Gasteiger partial charge in [-0.25, -0.2) is 0 Å². The zero-order valence-electron chi connectivity index (χ0n) is 7.51. The number of nitrogens with one attached hydrogen (secondary N) is 1. The highest BCUT2D eigenvalue weighted by Crippen LogP contribution is 2.26. The Balaban J connectivity index is 1.74. The first-order valence-electron chi connectivity index (χ1n) is 5.16. The lowest BCUT2D eigenvalue weighted by Crippen LogP contribution is -2.42. The molecule has 0 aromatic heterocycles. The van der Waals surface area contributed by atoms with E-state index in [1.165, 1.54) is 32.1 Å². The molecule has 2 saturated carbocycles. The molecular weight excluding hydrogens is 150 g/mol. The molecule has 2 rings (SSSR count). The van der Waals surface area contributed by atoms with Gasteiger partial charge in [-0.05, 0) is 32.1 Å². The highest BCUT2D eigenvalue weighted by molar-refractivity contribution is 5.79. The largest absolute Gasteiger partial charge is 0.353 e. The molecule has 2 heteroatoms. The summed E-state index contributed by atoms with van der Waals surface area (Å²) in [5.74, 6) is 0.683. The standard InChI is InChI=1S/C10H17NO/c12-10(8-4-1-2-5-8)11-9-6-3-7-9/h8-9H,1-7H2,(H,11,12). The van der Waals surface area contributed by atoms with Crippen molar-refractivity contribution in [2.75, 3.05) is 0 Å². The lowest BCUT2D eigenvalue weighted by Gasteiger charge is -2.27. The second kappa shape index (κ2) is 3.46. The number of amides is 1. The van der Waals surface area contributed by atoms with Crippen LogP contribution < -0.4 is 5.32 Å². The first-order valence-corrected chi connectivity index (χ1v) is 5.16. The summed E-state index contributed by atoms with van der Waals surface area (Å²) in [6.07, 6.45) is 8.47. The monoisotopic (exact) mass is 167 g/mol. The Kier molecular flexibility index (Phi) is 2.33. The average Bonchev–Trinajstić information content (AvgIpc) is 2.47. The van der Waals surface area contributed by atoms with E-state index >= 15 is 0 Å². The molecule has 68 valence electrons. The molecule has 0 aliphatic heterocycles. The van der Waals surface area contributed by atoms with Crippen LogP contribution in [0.3, 0.4) is 0 Å². The van der Waals surface area contributed by atoms with E-state index in [1.807, 2.05) is 0 Å². The van der Waals surface area contributed by atoms with Gasteiger partial charge in [0.2, 0.25) is 5.91 Å². The first kappa shape index (κ1) is 8.09. The SMILES string of the molecule is O=C(NC1CCC1)C1CCCC1. The Hall–Kier alpha value is -0.530. The van der Waals surface area contributed by atoms with Crippen LogP contribution in [0.25, 0.3) is 0 Å². The third-order valence-electron chi connectivity index (χ3n) is 3.18. The van der Waals surface area contributed by atoms with Gasteiger partial charge >= 0.3 is 0 Å². The molecule has 2 aliphatic carbocycles. The number of carbonyl (C=O) groups excluding carboxylic acids is 1. The van der Waals surface area contributed by atoms with E-state index in [0.717, 1.165) is 12.8 Å². The fraction of sp³-hybridized carbons (Fsp3) is 0.900. The Labute approximate surface area is 73.7 Å². The molecule has 2 nitrogen and oxygen atoms in total. The van der Waals surface area contributed by atoms with Crippen molar-refractivity contribution < 1.29 is 4.79 Å². The minimum atomic E-state index is 0.331. The van der Waals surface area contributed by atoms with Gasteiger partial charge in [0, 0.05) is 12.0 Å². The Morgan fingerprint density at radius 1 is 1.00 bits per heavy atom. The summed E-state index contributed by atoms with van der Waals surface area (Å²) in [6, 6.07) is 0.526. The molecule has 0 bridgehead atoms. The summed E-state index contributed by atoms with van der Waals surface area (Å²) in [5.41, 5.74) is 0. The maximum atomic E-state index is 11.5. The van der Waals surface area contributed by atoms with Gasteiger partial charge in [-0.3, -0.25) is 4.79 Å². The van der Waals surface area contributed by atoms with Crippen molar-refractivity contribution in [1.29, 1.82) is 0 Å². The number of rotatable bonds is 2. The van der Waals surface area contributed by atoms with E-state index in [4.69, 9.17) is 0 Å². The number of hydrogen-bond donors (Lipinski definition) is 1. The first-order chi connectivity index (χ1) is 5.86. The quantitative estimate of drug-likeness (QED) is 0.668. The van der Waals surface area contributed by atoms with Crippen molar-refractivity contribution >= 4 is 5.91 Å². The van der Waals surface area contributed by atoms with Gasteiger partial charge in [0.25, 0.3) is 0 Å². The summed E-state index contributed by atoms with van der Waals surface area (Å²) in [5, 5.41) is 3.12. The van der Waals surface area contributed by atoms with Crippen molar-refractivity contribution in [3.05, 3.63) is 0 Å². The molecule has 0 atom stereocenters. The van der Waals surface area contributed by atoms with Gasteiger partial charge < -0.3 is 5.32 Å². The van der Waals surface area contributed by atoms with Crippen LogP contribution in [-0.4, -0.2) is 11.9 Å². The van der Waals surface area contributed by atoms with E-state index in [0.29, 0.717) is 17.9 Å². The van der Waals surface area contributed by atoms with Crippen LogP contribution in [0.5, 0.6) is 0 Å². The summed E-state index contributed by atoms with van der Waals surface area (Å²) in [7, 11) is 0. The third-order valence-corrected chi connectivity index (χ3v) is 3.18. The van der Waals surface area contributed by atoms with Gasteiger partial charge in [0.05, 0.1) is 0 Å². The van der Waals surface area contributed by atoms with E-state index in [9.17, 15) is 4.79 Å². The molecule has 12 heavy (non-hydrogen) atoms. The van der Waals surface area contributed by atoms with E-state index in [2.05, 4.69) is 5.32 Å². The van der Waals surface area contributed by atoms with Crippen molar-refractivity contribution in [1.82, 2.24) is 5.32 Å². The number of carbonyl (C=O) groups is 1. The average molecular weight is 167 g/mol. The molecule has 0 unspecified atom stereocenters. The minimum absolute atomic E-state index is 0.331. The molecule has 1 N–H and O–H groups in total. The summed E-state index contributed by atoms with van der Waals surface area (Å²) >= 11 is 0. The molecular formula is C10H17NO. The summed E-state index contributed by atoms with van der Waals surface area (Å²) in [6.45, 7) is 0. The summed E-state index contributed by atoms with van der Waals surface area (Å²) in [4.78, 5) is 11.5. The molecule has 0 spiro atoms. The van der Waals surface area contributed by atoms with Crippen molar-refractivity contribution in [2.45, 2.75) is 51.0 Å². The van der Waals surface area contributed by atoms with Crippen LogP contribution in [0, 0.1) is 5.92 Å². The van der Waals surface area contributed by atoms with Crippen LogP contribution in [-0.2, 0) is 4.79 Å². The fourth-order valence-electron chi connectivity index (χ4n) is 2.06. The van der Waals surface area contributed by atoms with Crippen LogP contribution in [0.4, 0.5) is 0 Å². The smallest absolute Gasteiger partial charge is 0.223 e. The molecule has 2 fully saturated rings.